The van der Waals surface area contributed by atoms with Crippen molar-refractivity contribution in [2.75, 3.05) is 11.1 Å². The third-order valence-corrected chi connectivity index (χ3v) is 6.02. The normalized spacial score (nSPS) is 15.7. The van der Waals surface area contributed by atoms with Crippen LogP contribution in [-0.2, 0) is 0 Å². The van der Waals surface area contributed by atoms with E-state index >= 15 is 0 Å². The van der Waals surface area contributed by atoms with Gasteiger partial charge in [-0.1, -0.05) is 42.1 Å². The summed E-state index contributed by atoms with van der Waals surface area (Å²) in [6.45, 7) is 0. The summed E-state index contributed by atoms with van der Waals surface area (Å²) in [5.74, 6) is 1.11. The predicted octanol–water partition coefficient (Wildman–Crippen LogP) is 6.09. The van der Waals surface area contributed by atoms with Gasteiger partial charge in [0, 0.05) is 17.0 Å². The Kier molecular flexibility index (Phi) is 5.97. The fourth-order valence-electron chi connectivity index (χ4n) is 3.43. The van der Waals surface area contributed by atoms with Gasteiger partial charge in [0.2, 0.25) is 0 Å². The average molecular weight is 482 g/mol. The number of nitrogens with zero attached hydrogens (tertiary/aromatic N) is 4. The van der Waals surface area contributed by atoms with Gasteiger partial charge in [-0.3, -0.25) is 4.99 Å². The van der Waals surface area contributed by atoms with Crippen LogP contribution in [0.5, 0.6) is 5.75 Å². The first-order valence-electron chi connectivity index (χ1n) is 10.3. The van der Waals surface area contributed by atoms with Crippen molar-refractivity contribution in [2.45, 2.75) is 12.4 Å². The number of rotatable bonds is 5. The van der Waals surface area contributed by atoms with E-state index in [9.17, 15) is 13.2 Å². The number of aliphatic imine (C=N–C) groups is 1. The zero-order valence-corrected chi connectivity index (χ0v) is 18.4. The first-order chi connectivity index (χ1) is 16.4. The van der Waals surface area contributed by atoms with Crippen LogP contribution < -0.4 is 10.1 Å². The number of ether oxygens (including phenoxy) is 1. The standard InChI is InChI=1S/C24H18F3N5OS/c25-24(26,27)33-20-12-10-19(11-13-20)32-15-28-22(31-32)17-6-8-18(9-7-17)29-23-30-21(14-34-23)16-4-2-1-3-5-16/h1-13,15,21H,14H2,(H,29,30). The van der Waals surface area contributed by atoms with E-state index < -0.39 is 6.36 Å². The Labute approximate surface area is 197 Å². The van der Waals surface area contributed by atoms with E-state index in [4.69, 9.17) is 4.99 Å². The Morgan fingerprint density at radius 1 is 0.941 bits per heavy atom. The molecular weight excluding hydrogens is 463 g/mol. The third-order valence-electron chi connectivity index (χ3n) is 5.06. The van der Waals surface area contributed by atoms with Crippen molar-refractivity contribution in [1.29, 1.82) is 0 Å². The van der Waals surface area contributed by atoms with E-state index in [1.54, 1.807) is 11.8 Å². The lowest BCUT2D eigenvalue weighted by Crippen LogP contribution is -2.17. The fraction of sp³-hybridized carbons (Fsp3) is 0.125. The first kappa shape index (κ1) is 22.0. The number of hydrogen-bond acceptors (Lipinski definition) is 6. The number of thioether (sulfide) groups is 1. The molecule has 172 valence electrons. The van der Waals surface area contributed by atoms with Crippen LogP contribution in [-0.4, -0.2) is 32.0 Å². The largest absolute Gasteiger partial charge is 0.573 e. The summed E-state index contributed by atoms with van der Waals surface area (Å²) in [5, 5.41) is 8.65. The van der Waals surface area contributed by atoms with Crippen molar-refractivity contribution in [3.05, 3.63) is 90.8 Å². The Balaban J connectivity index is 1.24. The van der Waals surface area contributed by atoms with Crippen LogP contribution >= 0.6 is 11.8 Å². The minimum absolute atomic E-state index is 0.148. The van der Waals surface area contributed by atoms with E-state index in [1.165, 1.54) is 40.8 Å². The Morgan fingerprint density at radius 2 is 1.68 bits per heavy atom. The van der Waals surface area contributed by atoms with Crippen molar-refractivity contribution < 1.29 is 17.9 Å². The molecule has 4 aromatic rings. The summed E-state index contributed by atoms with van der Waals surface area (Å²) in [4.78, 5) is 9.08. The highest BCUT2D eigenvalue weighted by Gasteiger charge is 2.31. The van der Waals surface area contributed by atoms with Crippen molar-refractivity contribution in [3.63, 3.8) is 0 Å². The number of aromatic nitrogens is 3. The monoisotopic (exact) mass is 481 g/mol. The number of anilines is 1. The highest BCUT2D eigenvalue weighted by atomic mass is 32.2. The van der Waals surface area contributed by atoms with Crippen LogP contribution in [0.25, 0.3) is 17.1 Å². The van der Waals surface area contributed by atoms with Crippen LogP contribution in [0.15, 0.2) is 90.2 Å². The summed E-state index contributed by atoms with van der Waals surface area (Å²) >= 11 is 1.69. The topological polar surface area (TPSA) is 64.3 Å². The molecule has 1 aromatic heterocycles. The molecule has 0 fully saturated rings. The maximum Gasteiger partial charge on any atom is 0.573 e. The van der Waals surface area contributed by atoms with Crippen LogP contribution in [0.1, 0.15) is 11.6 Å². The highest BCUT2D eigenvalue weighted by Crippen LogP contribution is 2.31. The molecule has 1 aliphatic rings. The van der Waals surface area contributed by atoms with E-state index in [0.29, 0.717) is 11.5 Å². The minimum atomic E-state index is -4.73. The predicted molar refractivity (Wildman–Crippen MR) is 126 cm³/mol. The lowest BCUT2D eigenvalue weighted by Gasteiger charge is -2.09. The summed E-state index contributed by atoms with van der Waals surface area (Å²) in [5.41, 5.74) is 3.48. The van der Waals surface area contributed by atoms with Gasteiger partial charge < -0.3 is 10.1 Å². The number of benzene rings is 3. The molecule has 2 heterocycles. The molecule has 1 atom stereocenters. The molecule has 6 nitrogen and oxygen atoms in total. The minimum Gasteiger partial charge on any atom is -0.406 e. The third kappa shape index (κ3) is 5.23. The Hall–Kier alpha value is -3.79. The molecule has 0 aliphatic carbocycles. The molecule has 5 rings (SSSR count). The molecule has 0 radical (unpaired) electrons. The molecule has 0 spiro atoms. The van der Waals surface area contributed by atoms with E-state index in [2.05, 4.69) is 32.3 Å². The van der Waals surface area contributed by atoms with Gasteiger partial charge in [0.1, 0.15) is 12.1 Å². The summed E-state index contributed by atoms with van der Waals surface area (Å²) in [6, 6.07) is 23.4. The second kappa shape index (κ2) is 9.22. The molecular formula is C24H18F3N5OS. The van der Waals surface area contributed by atoms with E-state index in [0.717, 1.165) is 22.2 Å². The Morgan fingerprint density at radius 3 is 2.38 bits per heavy atom. The molecule has 3 aromatic carbocycles. The van der Waals surface area contributed by atoms with Crippen LogP contribution in [0.3, 0.4) is 0 Å². The second-order valence-electron chi connectivity index (χ2n) is 7.43. The molecule has 0 amide bonds. The van der Waals surface area contributed by atoms with Crippen molar-refractivity contribution in [1.82, 2.24) is 14.8 Å². The van der Waals surface area contributed by atoms with Gasteiger partial charge in [-0.15, -0.1) is 18.3 Å². The van der Waals surface area contributed by atoms with Crippen LogP contribution in [0, 0.1) is 0 Å². The quantitative estimate of drug-likeness (QED) is 0.374. The first-order valence-corrected chi connectivity index (χ1v) is 11.3. The van der Waals surface area contributed by atoms with Crippen LogP contribution in [0.4, 0.5) is 18.9 Å². The van der Waals surface area contributed by atoms with Gasteiger partial charge in [0.25, 0.3) is 0 Å². The number of nitrogens with one attached hydrogen (secondary N) is 1. The van der Waals surface area contributed by atoms with Crippen molar-refractivity contribution >= 4 is 22.6 Å². The molecule has 10 heteroatoms. The fourth-order valence-corrected chi connectivity index (χ4v) is 4.41. The van der Waals surface area contributed by atoms with Gasteiger partial charge >= 0.3 is 6.36 Å². The van der Waals surface area contributed by atoms with E-state index in [-0.39, 0.29) is 11.8 Å². The number of amidine groups is 1. The second-order valence-corrected chi connectivity index (χ2v) is 8.44. The highest BCUT2D eigenvalue weighted by molar-refractivity contribution is 8.14. The number of hydrogen-bond donors (Lipinski definition) is 1. The molecule has 1 unspecified atom stereocenters. The number of halogens is 3. The SMILES string of the molecule is FC(F)(F)Oc1ccc(-n2cnc(-c3ccc(NC4=NC(c5ccccc5)CS4)cc3)n2)cc1. The lowest BCUT2D eigenvalue weighted by atomic mass is 10.1. The van der Waals surface area contributed by atoms with Gasteiger partial charge in [0.15, 0.2) is 11.0 Å². The van der Waals surface area contributed by atoms with Crippen molar-refractivity contribution in [2.24, 2.45) is 4.99 Å². The molecule has 1 aliphatic heterocycles. The lowest BCUT2D eigenvalue weighted by molar-refractivity contribution is -0.274. The smallest absolute Gasteiger partial charge is 0.406 e. The summed E-state index contributed by atoms with van der Waals surface area (Å²) in [7, 11) is 0. The maximum absolute atomic E-state index is 12.3. The van der Waals surface area contributed by atoms with Gasteiger partial charge in [0.05, 0.1) is 11.7 Å². The molecule has 0 saturated carbocycles. The zero-order valence-electron chi connectivity index (χ0n) is 17.6. The van der Waals surface area contributed by atoms with Gasteiger partial charge in [-0.25, -0.2) is 9.67 Å². The Bertz CT molecular complexity index is 1290. The van der Waals surface area contributed by atoms with Crippen molar-refractivity contribution in [3.8, 4) is 22.8 Å². The molecule has 1 N–H and O–H groups in total. The van der Waals surface area contributed by atoms with Crippen LogP contribution in [0.2, 0.25) is 0 Å². The van der Waals surface area contributed by atoms with Gasteiger partial charge in [-0.05, 0) is 54.1 Å². The average Bonchev–Trinajstić information content (AvgIpc) is 3.50. The van der Waals surface area contributed by atoms with Gasteiger partial charge in [-0.2, -0.15) is 0 Å². The zero-order chi connectivity index (χ0) is 23.5. The summed E-state index contributed by atoms with van der Waals surface area (Å²) < 4.78 is 42.4. The molecule has 0 bridgehead atoms. The van der Waals surface area contributed by atoms with E-state index in [1.807, 2.05) is 42.5 Å². The molecule has 34 heavy (non-hydrogen) atoms. The maximum atomic E-state index is 12.3. The summed E-state index contributed by atoms with van der Waals surface area (Å²) in [6.07, 6.45) is -3.22. The number of alkyl halides is 3. The molecule has 0 saturated heterocycles.